The monoisotopic (exact) mass is 214 g/mol. The predicted molar refractivity (Wildman–Crippen MR) is 55.0 cm³/mol. The second kappa shape index (κ2) is 5.70. The molecule has 5 heteroatoms. The minimum Gasteiger partial charge on any atom is -0.465 e. The van der Waals surface area contributed by atoms with E-state index in [4.69, 9.17) is 10.5 Å². The van der Waals surface area contributed by atoms with E-state index in [-0.39, 0.29) is 11.8 Å². The first-order valence-corrected chi connectivity index (χ1v) is 5.35. The molecule has 0 aromatic heterocycles. The third-order valence-electron chi connectivity index (χ3n) is 2.53. The van der Waals surface area contributed by atoms with Gasteiger partial charge >= 0.3 is 5.97 Å². The number of esters is 1. The minimum absolute atomic E-state index is 0.000925. The summed E-state index contributed by atoms with van der Waals surface area (Å²) in [5.74, 6) is -0.560. The Kier molecular flexibility index (Phi) is 4.55. The molecule has 15 heavy (non-hydrogen) atoms. The van der Waals surface area contributed by atoms with Gasteiger partial charge in [0.1, 0.15) is 6.04 Å². The van der Waals surface area contributed by atoms with E-state index in [0.29, 0.717) is 13.0 Å². The molecule has 0 bridgehead atoms. The summed E-state index contributed by atoms with van der Waals surface area (Å²) < 4.78 is 4.78. The number of hydrogen-bond acceptors (Lipinski definition) is 4. The average molecular weight is 214 g/mol. The van der Waals surface area contributed by atoms with E-state index in [0.717, 1.165) is 19.4 Å². The summed E-state index contributed by atoms with van der Waals surface area (Å²) in [7, 11) is 0. The van der Waals surface area contributed by atoms with Crippen LogP contribution in [0, 0.1) is 5.92 Å². The second-order valence-corrected chi connectivity index (χ2v) is 3.72. The molecule has 0 aliphatic carbocycles. The van der Waals surface area contributed by atoms with E-state index in [2.05, 4.69) is 5.32 Å². The van der Waals surface area contributed by atoms with Crippen LogP contribution in [0.1, 0.15) is 26.2 Å². The van der Waals surface area contributed by atoms with Crippen molar-refractivity contribution >= 4 is 11.9 Å². The van der Waals surface area contributed by atoms with E-state index >= 15 is 0 Å². The Morgan fingerprint density at radius 3 is 3.07 bits per heavy atom. The molecule has 1 rings (SSSR count). The average Bonchev–Trinajstić information content (AvgIpc) is 2.21. The highest BCUT2D eigenvalue weighted by Gasteiger charge is 2.27. The number of carbonyl (C=O) groups is 2. The zero-order chi connectivity index (χ0) is 11.3. The van der Waals surface area contributed by atoms with Crippen molar-refractivity contribution in [2.45, 2.75) is 32.2 Å². The fraction of sp³-hybridized carbons (Fsp3) is 0.800. The van der Waals surface area contributed by atoms with E-state index in [9.17, 15) is 9.59 Å². The first-order chi connectivity index (χ1) is 7.15. The van der Waals surface area contributed by atoms with Gasteiger partial charge in [-0.2, -0.15) is 0 Å². The number of amides is 1. The first-order valence-electron chi connectivity index (χ1n) is 5.35. The van der Waals surface area contributed by atoms with E-state index in [1.165, 1.54) is 0 Å². The molecular weight excluding hydrogens is 196 g/mol. The van der Waals surface area contributed by atoms with Crippen LogP contribution in [0.4, 0.5) is 0 Å². The van der Waals surface area contributed by atoms with Crippen LogP contribution in [0.5, 0.6) is 0 Å². The number of ether oxygens (including phenoxy) is 1. The van der Waals surface area contributed by atoms with Crippen LogP contribution in [0.15, 0.2) is 0 Å². The standard InChI is InChI=1S/C10H18N2O3/c1-2-15-10(14)8(11)6-7-4-3-5-12-9(7)13/h7-8H,2-6,11H2,1H3,(H,12,13). The van der Waals surface area contributed by atoms with Gasteiger partial charge in [-0.05, 0) is 26.2 Å². The van der Waals surface area contributed by atoms with Crippen LogP contribution < -0.4 is 11.1 Å². The number of hydrogen-bond donors (Lipinski definition) is 2. The molecule has 5 nitrogen and oxygen atoms in total. The molecule has 0 aromatic carbocycles. The molecule has 1 saturated heterocycles. The molecule has 86 valence electrons. The molecule has 1 aliphatic heterocycles. The van der Waals surface area contributed by atoms with E-state index in [1.54, 1.807) is 6.92 Å². The molecule has 0 spiro atoms. The molecule has 1 aliphatic rings. The number of rotatable bonds is 4. The summed E-state index contributed by atoms with van der Waals surface area (Å²) in [6.45, 7) is 2.78. The Labute approximate surface area is 89.3 Å². The van der Waals surface area contributed by atoms with Crippen molar-refractivity contribution in [3.8, 4) is 0 Å². The second-order valence-electron chi connectivity index (χ2n) is 3.72. The summed E-state index contributed by atoms with van der Waals surface area (Å²) >= 11 is 0. The smallest absolute Gasteiger partial charge is 0.322 e. The SMILES string of the molecule is CCOC(=O)C(N)CC1CCCNC1=O. The molecule has 2 unspecified atom stereocenters. The predicted octanol–water partition coefficient (Wildman–Crippen LogP) is -0.207. The molecule has 0 radical (unpaired) electrons. The highest BCUT2D eigenvalue weighted by molar-refractivity contribution is 5.81. The van der Waals surface area contributed by atoms with Gasteiger partial charge in [0, 0.05) is 12.5 Å². The van der Waals surface area contributed by atoms with Gasteiger partial charge < -0.3 is 15.8 Å². The maximum atomic E-state index is 11.4. The number of nitrogens with two attached hydrogens (primary N) is 1. The Morgan fingerprint density at radius 2 is 2.47 bits per heavy atom. The lowest BCUT2D eigenvalue weighted by atomic mass is 9.92. The largest absolute Gasteiger partial charge is 0.465 e. The van der Waals surface area contributed by atoms with Gasteiger partial charge in [0.2, 0.25) is 5.91 Å². The Morgan fingerprint density at radius 1 is 1.73 bits per heavy atom. The maximum absolute atomic E-state index is 11.4. The highest BCUT2D eigenvalue weighted by atomic mass is 16.5. The lowest BCUT2D eigenvalue weighted by Crippen LogP contribution is -2.42. The molecule has 1 amide bonds. The fourth-order valence-electron chi connectivity index (χ4n) is 1.71. The molecule has 0 saturated carbocycles. The fourth-order valence-corrected chi connectivity index (χ4v) is 1.71. The van der Waals surface area contributed by atoms with E-state index < -0.39 is 12.0 Å². The topological polar surface area (TPSA) is 81.4 Å². The zero-order valence-corrected chi connectivity index (χ0v) is 8.99. The van der Waals surface area contributed by atoms with Crippen LogP contribution in [0.25, 0.3) is 0 Å². The Bertz CT molecular complexity index is 243. The van der Waals surface area contributed by atoms with Crippen molar-refractivity contribution in [3.63, 3.8) is 0 Å². The van der Waals surface area contributed by atoms with Crippen molar-refractivity contribution in [3.05, 3.63) is 0 Å². The first kappa shape index (κ1) is 12.0. The lowest BCUT2D eigenvalue weighted by molar-refractivity contribution is -0.145. The van der Waals surface area contributed by atoms with Gasteiger partial charge in [-0.3, -0.25) is 9.59 Å². The van der Waals surface area contributed by atoms with Gasteiger partial charge in [0.15, 0.2) is 0 Å². The molecule has 1 fully saturated rings. The number of carbonyl (C=O) groups excluding carboxylic acids is 2. The molecular formula is C10H18N2O3. The Hall–Kier alpha value is -1.10. The third kappa shape index (κ3) is 3.51. The van der Waals surface area contributed by atoms with Gasteiger partial charge in [-0.15, -0.1) is 0 Å². The third-order valence-corrected chi connectivity index (χ3v) is 2.53. The number of piperidine rings is 1. The van der Waals surface area contributed by atoms with Crippen molar-refractivity contribution < 1.29 is 14.3 Å². The van der Waals surface area contributed by atoms with Gasteiger partial charge in [-0.25, -0.2) is 0 Å². The van der Waals surface area contributed by atoms with Crippen LogP contribution in [-0.4, -0.2) is 31.1 Å². The van der Waals surface area contributed by atoms with Gasteiger partial charge in [0.05, 0.1) is 6.61 Å². The molecule has 0 aromatic rings. The maximum Gasteiger partial charge on any atom is 0.322 e. The van der Waals surface area contributed by atoms with Crippen LogP contribution >= 0.6 is 0 Å². The summed E-state index contributed by atoms with van der Waals surface area (Å²) in [4.78, 5) is 22.6. The van der Waals surface area contributed by atoms with E-state index in [1.807, 2.05) is 0 Å². The zero-order valence-electron chi connectivity index (χ0n) is 8.99. The highest BCUT2D eigenvalue weighted by Crippen LogP contribution is 2.16. The van der Waals surface area contributed by atoms with Crippen molar-refractivity contribution in [1.82, 2.24) is 5.32 Å². The lowest BCUT2D eigenvalue weighted by Gasteiger charge is -2.23. The summed E-state index contributed by atoms with van der Waals surface area (Å²) in [6, 6.07) is -0.682. The number of nitrogens with one attached hydrogen (secondary N) is 1. The summed E-state index contributed by atoms with van der Waals surface area (Å²) in [5, 5.41) is 2.76. The van der Waals surface area contributed by atoms with Crippen molar-refractivity contribution in [2.24, 2.45) is 11.7 Å². The summed E-state index contributed by atoms with van der Waals surface area (Å²) in [5.41, 5.74) is 5.64. The molecule has 3 N–H and O–H groups in total. The van der Waals surface area contributed by atoms with Crippen LogP contribution in [0.2, 0.25) is 0 Å². The summed E-state index contributed by atoms with van der Waals surface area (Å²) in [6.07, 6.45) is 2.13. The quantitative estimate of drug-likeness (QED) is 0.635. The normalized spacial score (nSPS) is 23.1. The van der Waals surface area contributed by atoms with Crippen LogP contribution in [-0.2, 0) is 14.3 Å². The minimum atomic E-state index is -0.682. The van der Waals surface area contributed by atoms with Crippen molar-refractivity contribution in [2.75, 3.05) is 13.2 Å². The molecule has 2 atom stereocenters. The van der Waals surface area contributed by atoms with Gasteiger partial charge in [-0.1, -0.05) is 0 Å². The van der Waals surface area contributed by atoms with Gasteiger partial charge in [0.25, 0.3) is 0 Å². The Balaban J connectivity index is 2.38. The molecule has 1 heterocycles. The van der Waals surface area contributed by atoms with Crippen LogP contribution in [0.3, 0.4) is 0 Å². The van der Waals surface area contributed by atoms with Crippen molar-refractivity contribution in [1.29, 1.82) is 0 Å².